The minimum Gasteiger partial charge on any atom is -0.464 e. The van der Waals surface area contributed by atoms with Gasteiger partial charge in [-0.2, -0.15) is 13.2 Å². The molecule has 0 saturated carbocycles. The molecule has 0 fully saturated rings. The van der Waals surface area contributed by atoms with Crippen molar-refractivity contribution in [1.82, 2.24) is 24.9 Å². The van der Waals surface area contributed by atoms with Crippen molar-refractivity contribution < 1.29 is 27.5 Å². The van der Waals surface area contributed by atoms with Gasteiger partial charge >= 0.3 is 12.1 Å². The van der Waals surface area contributed by atoms with Gasteiger partial charge in [-0.25, -0.2) is 14.5 Å². The van der Waals surface area contributed by atoms with E-state index >= 15 is 0 Å². The molecule has 0 aliphatic heterocycles. The average Bonchev–Trinajstić information content (AvgIpc) is 3.10. The SMILES string of the molecule is CCOC(=O)C(C)(C)N(C)C(=O)c1cn(-c2ccc(C(F)(F)F)cn2)nn1. The van der Waals surface area contributed by atoms with Crippen LogP contribution in [0.4, 0.5) is 13.2 Å². The highest BCUT2D eigenvalue weighted by Crippen LogP contribution is 2.28. The van der Waals surface area contributed by atoms with E-state index in [1.165, 1.54) is 27.1 Å². The van der Waals surface area contributed by atoms with E-state index in [1.807, 2.05) is 0 Å². The Kier molecular flexibility index (Phi) is 5.52. The molecule has 0 unspecified atom stereocenters. The fourth-order valence-electron chi connectivity index (χ4n) is 2.03. The number of aromatic nitrogens is 4. The molecule has 2 aromatic rings. The molecule has 2 rings (SSSR count). The third kappa shape index (κ3) is 4.23. The zero-order valence-electron chi connectivity index (χ0n) is 15.1. The fraction of sp³-hybridized carbons (Fsp3) is 0.438. The molecule has 1 amide bonds. The Balaban J connectivity index is 2.21. The lowest BCUT2D eigenvalue weighted by atomic mass is 10.0. The summed E-state index contributed by atoms with van der Waals surface area (Å²) >= 11 is 0. The van der Waals surface area contributed by atoms with Crippen LogP contribution in [0.3, 0.4) is 0 Å². The number of nitrogens with zero attached hydrogens (tertiary/aromatic N) is 5. The van der Waals surface area contributed by atoms with Gasteiger partial charge in [-0.05, 0) is 32.9 Å². The first kappa shape index (κ1) is 20.3. The summed E-state index contributed by atoms with van der Waals surface area (Å²) in [4.78, 5) is 29.4. The maximum Gasteiger partial charge on any atom is 0.417 e. The van der Waals surface area contributed by atoms with Crippen molar-refractivity contribution >= 4 is 11.9 Å². The first-order valence-electron chi connectivity index (χ1n) is 7.89. The quantitative estimate of drug-likeness (QED) is 0.732. The van der Waals surface area contributed by atoms with Gasteiger partial charge in [0, 0.05) is 13.2 Å². The summed E-state index contributed by atoms with van der Waals surface area (Å²) < 4.78 is 43.8. The number of ether oxygens (including phenoxy) is 1. The summed E-state index contributed by atoms with van der Waals surface area (Å²) in [5.41, 5.74) is -2.25. The highest BCUT2D eigenvalue weighted by atomic mass is 19.4. The van der Waals surface area contributed by atoms with E-state index in [0.717, 1.165) is 21.7 Å². The maximum absolute atomic E-state index is 12.6. The highest BCUT2D eigenvalue weighted by molar-refractivity contribution is 5.96. The van der Waals surface area contributed by atoms with Gasteiger partial charge in [-0.3, -0.25) is 4.79 Å². The zero-order valence-corrected chi connectivity index (χ0v) is 15.1. The van der Waals surface area contributed by atoms with E-state index in [4.69, 9.17) is 4.74 Å². The van der Waals surface area contributed by atoms with Crippen LogP contribution >= 0.6 is 0 Å². The van der Waals surface area contributed by atoms with Crippen LogP contribution in [0.2, 0.25) is 0 Å². The third-order valence-corrected chi connectivity index (χ3v) is 3.94. The average molecular weight is 385 g/mol. The Morgan fingerprint density at radius 2 is 1.93 bits per heavy atom. The van der Waals surface area contributed by atoms with Crippen LogP contribution in [0.5, 0.6) is 0 Å². The summed E-state index contributed by atoms with van der Waals surface area (Å²) in [6.07, 6.45) is -2.62. The first-order chi connectivity index (χ1) is 12.5. The maximum atomic E-state index is 12.6. The van der Waals surface area contributed by atoms with Crippen LogP contribution < -0.4 is 0 Å². The Morgan fingerprint density at radius 3 is 2.44 bits per heavy atom. The van der Waals surface area contributed by atoms with Gasteiger partial charge < -0.3 is 9.64 Å². The number of amides is 1. The predicted molar refractivity (Wildman–Crippen MR) is 87.0 cm³/mol. The molecule has 0 N–H and O–H groups in total. The molecular formula is C16H18F3N5O3. The zero-order chi connectivity index (χ0) is 20.4. The number of pyridine rings is 1. The smallest absolute Gasteiger partial charge is 0.417 e. The number of halogens is 3. The van der Waals surface area contributed by atoms with Gasteiger partial charge in [0.05, 0.1) is 18.4 Å². The molecule has 0 aliphatic carbocycles. The summed E-state index contributed by atoms with van der Waals surface area (Å²) in [5.74, 6) is -1.13. The summed E-state index contributed by atoms with van der Waals surface area (Å²) in [6.45, 7) is 4.86. The summed E-state index contributed by atoms with van der Waals surface area (Å²) in [7, 11) is 1.41. The fourth-order valence-corrected chi connectivity index (χ4v) is 2.03. The normalized spacial score (nSPS) is 12.0. The summed E-state index contributed by atoms with van der Waals surface area (Å²) in [6, 6.07) is 1.96. The highest BCUT2D eigenvalue weighted by Gasteiger charge is 2.38. The van der Waals surface area contributed by atoms with Gasteiger partial charge in [-0.1, -0.05) is 5.21 Å². The Hall–Kier alpha value is -2.98. The molecular weight excluding hydrogens is 367 g/mol. The molecule has 0 spiro atoms. The number of carbonyl (C=O) groups is 2. The lowest BCUT2D eigenvalue weighted by molar-refractivity contribution is -0.153. The van der Waals surface area contributed by atoms with Crippen molar-refractivity contribution in [3.8, 4) is 5.82 Å². The van der Waals surface area contributed by atoms with Crippen LogP contribution in [0.25, 0.3) is 5.82 Å². The Morgan fingerprint density at radius 1 is 1.26 bits per heavy atom. The minimum absolute atomic E-state index is 0.0573. The molecule has 0 aromatic carbocycles. The van der Waals surface area contributed by atoms with Crippen LogP contribution in [-0.2, 0) is 15.7 Å². The number of rotatable bonds is 5. The lowest BCUT2D eigenvalue weighted by Crippen LogP contribution is -2.51. The molecule has 2 heterocycles. The molecule has 27 heavy (non-hydrogen) atoms. The number of esters is 1. The number of hydrogen-bond donors (Lipinski definition) is 0. The second-order valence-electron chi connectivity index (χ2n) is 6.09. The number of likely N-dealkylation sites (N-methyl/N-ethyl adjacent to an activating group) is 1. The lowest BCUT2D eigenvalue weighted by Gasteiger charge is -2.32. The van der Waals surface area contributed by atoms with E-state index in [2.05, 4.69) is 15.3 Å². The Labute approximate surface area is 152 Å². The molecule has 0 atom stereocenters. The molecule has 0 bridgehead atoms. The molecule has 2 aromatic heterocycles. The Bertz CT molecular complexity index is 831. The molecule has 146 valence electrons. The van der Waals surface area contributed by atoms with Crippen LogP contribution in [0.1, 0.15) is 36.8 Å². The van der Waals surface area contributed by atoms with Gasteiger partial charge in [0.25, 0.3) is 5.91 Å². The minimum atomic E-state index is -4.50. The van der Waals surface area contributed by atoms with Crippen molar-refractivity contribution in [1.29, 1.82) is 0 Å². The second kappa shape index (κ2) is 7.33. The van der Waals surface area contributed by atoms with Gasteiger partial charge in [0.15, 0.2) is 11.5 Å². The van der Waals surface area contributed by atoms with Gasteiger partial charge in [0.2, 0.25) is 0 Å². The topological polar surface area (TPSA) is 90.2 Å². The molecule has 0 saturated heterocycles. The number of alkyl halides is 3. The van der Waals surface area contributed by atoms with Crippen LogP contribution in [0.15, 0.2) is 24.5 Å². The van der Waals surface area contributed by atoms with E-state index in [0.29, 0.717) is 6.20 Å². The summed E-state index contributed by atoms with van der Waals surface area (Å²) in [5, 5.41) is 7.42. The molecule has 11 heteroatoms. The van der Waals surface area contributed by atoms with Crippen LogP contribution in [0, 0.1) is 0 Å². The van der Waals surface area contributed by atoms with Crippen molar-refractivity contribution in [3.05, 3.63) is 35.8 Å². The molecule has 0 aliphatic rings. The van der Waals surface area contributed by atoms with Gasteiger partial charge in [-0.15, -0.1) is 5.10 Å². The predicted octanol–water partition coefficient (Wildman–Crippen LogP) is 2.09. The van der Waals surface area contributed by atoms with Gasteiger partial charge in [0.1, 0.15) is 5.54 Å². The third-order valence-electron chi connectivity index (χ3n) is 3.94. The number of hydrogen-bond acceptors (Lipinski definition) is 6. The standard InChI is InChI=1S/C16H18F3N5O3/c1-5-27-14(26)15(2,3)23(4)13(25)11-9-24(22-21-11)12-7-6-10(8-20-12)16(17,18)19/h6-9H,5H2,1-4H3. The van der Waals surface area contributed by atoms with E-state index < -0.39 is 29.2 Å². The van der Waals surface area contributed by atoms with E-state index in [-0.39, 0.29) is 18.1 Å². The monoisotopic (exact) mass is 385 g/mol. The van der Waals surface area contributed by atoms with Crippen LogP contribution in [-0.4, -0.2) is 55.9 Å². The number of carbonyl (C=O) groups excluding carboxylic acids is 2. The molecule has 0 radical (unpaired) electrons. The van der Waals surface area contributed by atoms with E-state index in [1.54, 1.807) is 6.92 Å². The largest absolute Gasteiger partial charge is 0.464 e. The second-order valence-corrected chi connectivity index (χ2v) is 6.09. The molecule has 8 nitrogen and oxygen atoms in total. The van der Waals surface area contributed by atoms with Crippen molar-refractivity contribution in [2.45, 2.75) is 32.5 Å². The van der Waals surface area contributed by atoms with Crippen molar-refractivity contribution in [2.24, 2.45) is 0 Å². The van der Waals surface area contributed by atoms with Crippen molar-refractivity contribution in [3.63, 3.8) is 0 Å². The first-order valence-corrected chi connectivity index (χ1v) is 7.89. The van der Waals surface area contributed by atoms with Crippen molar-refractivity contribution in [2.75, 3.05) is 13.7 Å². The van der Waals surface area contributed by atoms with E-state index in [9.17, 15) is 22.8 Å².